The molecule has 158 valence electrons. The van der Waals surface area contributed by atoms with Gasteiger partial charge in [-0.25, -0.2) is 4.98 Å². The number of benzene rings is 2. The first kappa shape index (κ1) is 21.9. The molecule has 1 aromatic heterocycles. The van der Waals surface area contributed by atoms with E-state index in [1.54, 1.807) is 23.6 Å². The molecule has 0 aliphatic rings. The van der Waals surface area contributed by atoms with E-state index in [0.717, 1.165) is 11.3 Å². The first-order valence-corrected chi connectivity index (χ1v) is 10.4. The fraction of sp³-hybridized carbons (Fsp3) is 0.130. The summed E-state index contributed by atoms with van der Waals surface area (Å²) in [6.07, 6.45) is 2.94. The zero-order valence-electron chi connectivity index (χ0n) is 17.4. The summed E-state index contributed by atoms with van der Waals surface area (Å²) in [6.45, 7) is 4.78. The number of aromatic nitrogens is 1. The number of aryl methyl sites for hydroxylation is 1. The van der Waals surface area contributed by atoms with Gasteiger partial charge >= 0.3 is 0 Å². The molecular formula is C23H22N4O3S. The standard InChI is InChI=1S/C23H22N4O3S/c1-15-9-11-20(24-16(2)28)21(13-15)26-22(30)12-10-18-14-31-23(25-18)27(17(3)29)19-7-5-4-6-8-19/h4-14H,1-3H3,(H,24,28)(H,26,30)/b12-10+. The van der Waals surface area contributed by atoms with Gasteiger partial charge in [0.25, 0.3) is 0 Å². The molecule has 0 atom stereocenters. The summed E-state index contributed by atoms with van der Waals surface area (Å²) in [5, 5.41) is 7.76. The molecule has 0 spiro atoms. The fourth-order valence-electron chi connectivity index (χ4n) is 2.86. The smallest absolute Gasteiger partial charge is 0.248 e. The SMILES string of the molecule is CC(=O)Nc1ccc(C)cc1NC(=O)/C=C/c1csc(N(C(C)=O)c2ccccc2)n1. The van der Waals surface area contributed by atoms with Crippen LogP contribution in [-0.2, 0) is 14.4 Å². The molecule has 0 bridgehead atoms. The summed E-state index contributed by atoms with van der Waals surface area (Å²) < 4.78 is 0. The maximum Gasteiger partial charge on any atom is 0.248 e. The molecule has 1 heterocycles. The van der Waals surface area contributed by atoms with Crippen molar-refractivity contribution in [2.75, 3.05) is 15.5 Å². The van der Waals surface area contributed by atoms with Crippen molar-refractivity contribution in [3.8, 4) is 0 Å². The molecule has 2 aromatic carbocycles. The number of amides is 3. The highest BCUT2D eigenvalue weighted by molar-refractivity contribution is 7.14. The van der Waals surface area contributed by atoms with E-state index in [1.807, 2.05) is 43.3 Å². The summed E-state index contributed by atoms with van der Waals surface area (Å²) in [4.78, 5) is 41.9. The van der Waals surface area contributed by atoms with Crippen LogP contribution in [0.25, 0.3) is 6.08 Å². The predicted octanol–water partition coefficient (Wildman–Crippen LogP) is 4.75. The van der Waals surface area contributed by atoms with E-state index in [-0.39, 0.29) is 17.7 Å². The lowest BCUT2D eigenvalue weighted by molar-refractivity contribution is -0.116. The van der Waals surface area contributed by atoms with E-state index >= 15 is 0 Å². The van der Waals surface area contributed by atoms with Crippen molar-refractivity contribution >= 4 is 57.3 Å². The van der Waals surface area contributed by atoms with Crippen molar-refractivity contribution in [3.05, 3.63) is 71.2 Å². The van der Waals surface area contributed by atoms with Crippen LogP contribution < -0.4 is 15.5 Å². The van der Waals surface area contributed by atoms with Crippen LogP contribution in [0.3, 0.4) is 0 Å². The molecule has 8 heteroatoms. The second-order valence-corrected chi connectivity index (χ2v) is 7.63. The lowest BCUT2D eigenvalue weighted by Crippen LogP contribution is -2.22. The largest absolute Gasteiger partial charge is 0.325 e. The molecule has 0 radical (unpaired) electrons. The highest BCUT2D eigenvalue weighted by atomic mass is 32.1. The Kier molecular flexibility index (Phi) is 6.94. The summed E-state index contributed by atoms with van der Waals surface area (Å²) in [7, 11) is 0. The van der Waals surface area contributed by atoms with Gasteiger partial charge in [-0.1, -0.05) is 24.3 Å². The Bertz CT molecular complexity index is 1140. The molecule has 31 heavy (non-hydrogen) atoms. The molecule has 3 rings (SSSR count). The van der Waals surface area contributed by atoms with E-state index in [0.29, 0.717) is 22.2 Å². The van der Waals surface area contributed by atoms with Crippen molar-refractivity contribution in [1.82, 2.24) is 4.98 Å². The van der Waals surface area contributed by atoms with Crippen LogP contribution in [0.1, 0.15) is 25.1 Å². The first-order chi connectivity index (χ1) is 14.8. The molecule has 3 aromatic rings. The molecule has 0 saturated carbocycles. The van der Waals surface area contributed by atoms with Gasteiger partial charge in [-0.15, -0.1) is 11.3 Å². The topological polar surface area (TPSA) is 91.4 Å². The zero-order valence-corrected chi connectivity index (χ0v) is 18.2. The van der Waals surface area contributed by atoms with Crippen LogP contribution in [0.15, 0.2) is 60.0 Å². The average molecular weight is 435 g/mol. The Morgan fingerprint density at radius 2 is 1.74 bits per heavy atom. The van der Waals surface area contributed by atoms with Gasteiger partial charge in [0.15, 0.2) is 5.13 Å². The van der Waals surface area contributed by atoms with Gasteiger partial charge in [-0.05, 0) is 42.8 Å². The highest BCUT2D eigenvalue weighted by Gasteiger charge is 2.17. The van der Waals surface area contributed by atoms with Crippen molar-refractivity contribution < 1.29 is 14.4 Å². The third kappa shape index (κ3) is 5.86. The van der Waals surface area contributed by atoms with Gasteiger partial charge in [0.2, 0.25) is 17.7 Å². The minimum absolute atomic E-state index is 0.154. The third-order valence-corrected chi connectivity index (χ3v) is 5.02. The van der Waals surface area contributed by atoms with Crippen LogP contribution >= 0.6 is 11.3 Å². The van der Waals surface area contributed by atoms with Crippen LogP contribution in [0.2, 0.25) is 0 Å². The Hall–Kier alpha value is -3.78. The van der Waals surface area contributed by atoms with Crippen molar-refractivity contribution in [1.29, 1.82) is 0 Å². The number of nitrogens with zero attached hydrogens (tertiary/aromatic N) is 2. The predicted molar refractivity (Wildman–Crippen MR) is 125 cm³/mol. The lowest BCUT2D eigenvalue weighted by Gasteiger charge is -2.17. The number of carbonyl (C=O) groups is 3. The van der Waals surface area contributed by atoms with Gasteiger partial charge < -0.3 is 10.6 Å². The Balaban J connectivity index is 1.74. The number of hydrogen-bond acceptors (Lipinski definition) is 5. The minimum atomic E-state index is -0.363. The highest BCUT2D eigenvalue weighted by Crippen LogP contribution is 2.29. The molecule has 3 amide bonds. The minimum Gasteiger partial charge on any atom is -0.325 e. The monoisotopic (exact) mass is 434 g/mol. The molecule has 2 N–H and O–H groups in total. The van der Waals surface area contributed by atoms with E-state index in [2.05, 4.69) is 15.6 Å². The fourth-order valence-corrected chi connectivity index (χ4v) is 3.71. The van der Waals surface area contributed by atoms with E-state index in [1.165, 1.54) is 36.2 Å². The van der Waals surface area contributed by atoms with E-state index < -0.39 is 0 Å². The number of nitrogens with one attached hydrogen (secondary N) is 2. The number of hydrogen-bond donors (Lipinski definition) is 2. The maximum atomic E-state index is 12.4. The second kappa shape index (κ2) is 9.82. The normalized spacial score (nSPS) is 10.7. The molecule has 0 unspecified atom stereocenters. The van der Waals surface area contributed by atoms with Crippen molar-refractivity contribution in [2.45, 2.75) is 20.8 Å². The maximum absolute atomic E-state index is 12.4. The van der Waals surface area contributed by atoms with Crippen LogP contribution in [0.4, 0.5) is 22.2 Å². The third-order valence-electron chi connectivity index (χ3n) is 4.18. The number of para-hydroxylation sites is 1. The summed E-state index contributed by atoms with van der Waals surface area (Å²) in [5.74, 6) is -0.740. The Morgan fingerprint density at radius 3 is 2.42 bits per heavy atom. The lowest BCUT2D eigenvalue weighted by atomic mass is 10.2. The van der Waals surface area contributed by atoms with Gasteiger partial charge in [-0.3, -0.25) is 19.3 Å². The zero-order chi connectivity index (χ0) is 22.4. The van der Waals surface area contributed by atoms with E-state index in [9.17, 15) is 14.4 Å². The summed E-state index contributed by atoms with van der Waals surface area (Å²) >= 11 is 1.31. The summed E-state index contributed by atoms with van der Waals surface area (Å²) in [5.41, 5.74) is 3.26. The van der Waals surface area contributed by atoms with E-state index in [4.69, 9.17) is 0 Å². The number of rotatable bonds is 6. The molecule has 0 fully saturated rings. The van der Waals surface area contributed by atoms with Gasteiger partial charge in [0.1, 0.15) is 0 Å². The molecule has 0 saturated heterocycles. The van der Waals surface area contributed by atoms with Gasteiger partial charge in [-0.2, -0.15) is 0 Å². The van der Waals surface area contributed by atoms with Crippen LogP contribution in [-0.4, -0.2) is 22.7 Å². The van der Waals surface area contributed by atoms with Crippen molar-refractivity contribution in [2.24, 2.45) is 0 Å². The summed E-state index contributed by atoms with van der Waals surface area (Å²) in [6, 6.07) is 14.6. The van der Waals surface area contributed by atoms with Gasteiger partial charge in [0.05, 0.1) is 22.8 Å². The number of carbonyl (C=O) groups excluding carboxylic acids is 3. The molecule has 0 aliphatic carbocycles. The molecule has 0 aliphatic heterocycles. The quantitative estimate of drug-likeness (QED) is 0.548. The molecule has 7 nitrogen and oxygen atoms in total. The van der Waals surface area contributed by atoms with Gasteiger partial charge in [0, 0.05) is 25.3 Å². The Labute approximate surface area is 184 Å². The molecular weight excluding hydrogens is 412 g/mol. The average Bonchev–Trinajstić information content (AvgIpc) is 3.17. The number of thiazole rings is 1. The first-order valence-electron chi connectivity index (χ1n) is 9.52. The van der Waals surface area contributed by atoms with Crippen molar-refractivity contribution in [3.63, 3.8) is 0 Å². The van der Waals surface area contributed by atoms with Crippen LogP contribution in [0, 0.1) is 6.92 Å². The Morgan fingerprint density at radius 1 is 1.00 bits per heavy atom. The second-order valence-electron chi connectivity index (χ2n) is 6.80. The number of anilines is 4. The van der Waals surface area contributed by atoms with Crippen LogP contribution in [0.5, 0.6) is 0 Å².